The highest BCUT2D eigenvalue weighted by Gasteiger charge is 2.46. The molecule has 2 aliphatic heterocycles. The molecule has 0 aromatic heterocycles. The molecule has 1 aromatic rings. The number of benzene rings is 1. The monoisotopic (exact) mass is 245 g/mol. The molecule has 1 atom stereocenters. The van der Waals surface area contributed by atoms with Gasteiger partial charge in [0.1, 0.15) is 0 Å². The van der Waals surface area contributed by atoms with Crippen LogP contribution in [-0.4, -0.2) is 36.7 Å². The molecule has 18 heavy (non-hydrogen) atoms. The SMILES string of the molecule is C[C@H](CCN1CCC2(CC1)CO2)c1ccccc1. The van der Waals surface area contributed by atoms with Crippen molar-refractivity contribution in [1.29, 1.82) is 0 Å². The van der Waals surface area contributed by atoms with Gasteiger partial charge in [-0.3, -0.25) is 0 Å². The van der Waals surface area contributed by atoms with E-state index >= 15 is 0 Å². The highest BCUT2D eigenvalue weighted by Crippen LogP contribution is 2.37. The van der Waals surface area contributed by atoms with Gasteiger partial charge in [-0.2, -0.15) is 0 Å². The van der Waals surface area contributed by atoms with Crippen LogP contribution in [0.2, 0.25) is 0 Å². The van der Waals surface area contributed by atoms with E-state index in [4.69, 9.17) is 4.74 Å². The quantitative estimate of drug-likeness (QED) is 0.758. The molecule has 0 saturated carbocycles. The predicted octanol–water partition coefficient (Wildman–Crippen LogP) is 3.05. The largest absolute Gasteiger partial charge is 0.369 e. The molecule has 1 spiro atoms. The molecule has 3 rings (SSSR count). The molecule has 0 amide bonds. The average molecular weight is 245 g/mol. The van der Waals surface area contributed by atoms with Crippen LogP contribution in [-0.2, 0) is 4.74 Å². The number of likely N-dealkylation sites (tertiary alicyclic amines) is 1. The van der Waals surface area contributed by atoms with Gasteiger partial charge >= 0.3 is 0 Å². The van der Waals surface area contributed by atoms with E-state index in [2.05, 4.69) is 42.2 Å². The van der Waals surface area contributed by atoms with Gasteiger partial charge in [-0.15, -0.1) is 0 Å². The van der Waals surface area contributed by atoms with Crippen molar-refractivity contribution in [2.45, 2.75) is 37.7 Å². The van der Waals surface area contributed by atoms with E-state index in [9.17, 15) is 0 Å². The van der Waals surface area contributed by atoms with Gasteiger partial charge in [-0.05, 0) is 37.3 Å². The number of epoxide rings is 1. The maximum absolute atomic E-state index is 5.55. The summed E-state index contributed by atoms with van der Waals surface area (Å²) in [4.78, 5) is 2.60. The zero-order valence-electron chi connectivity index (χ0n) is 11.3. The predicted molar refractivity (Wildman–Crippen MR) is 73.8 cm³/mol. The molecule has 2 nitrogen and oxygen atoms in total. The second-order valence-electron chi connectivity index (χ2n) is 5.91. The third kappa shape index (κ3) is 2.76. The van der Waals surface area contributed by atoms with Crippen molar-refractivity contribution < 1.29 is 4.74 Å². The molecule has 2 aliphatic rings. The third-order valence-corrected chi connectivity index (χ3v) is 4.57. The highest BCUT2D eigenvalue weighted by molar-refractivity contribution is 5.18. The highest BCUT2D eigenvalue weighted by atomic mass is 16.6. The van der Waals surface area contributed by atoms with Gasteiger partial charge in [0, 0.05) is 13.1 Å². The number of ether oxygens (including phenoxy) is 1. The maximum atomic E-state index is 5.55. The summed E-state index contributed by atoms with van der Waals surface area (Å²) in [5.74, 6) is 0.666. The Balaban J connectivity index is 1.44. The number of piperidine rings is 1. The van der Waals surface area contributed by atoms with Crippen LogP contribution in [0.25, 0.3) is 0 Å². The van der Waals surface area contributed by atoms with Gasteiger partial charge in [0.15, 0.2) is 0 Å². The molecule has 0 radical (unpaired) electrons. The van der Waals surface area contributed by atoms with Crippen LogP contribution in [0.4, 0.5) is 0 Å². The molecule has 0 aliphatic carbocycles. The van der Waals surface area contributed by atoms with Crippen LogP contribution < -0.4 is 0 Å². The van der Waals surface area contributed by atoms with Gasteiger partial charge in [0.25, 0.3) is 0 Å². The topological polar surface area (TPSA) is 15.8 Å². The zero-order valence-corrected chi connectivity index (χ0v) is 11.3. The van der Waals surface area contributed by atoms with Crippen LogP contribution in [0, 0.1) is 0 Å². The van der Waals surface area contributed by atoms with E-state index in [1.807, 2.05) is 0 Å². The Morgan fingerprint density at radius 3 is 2.50 bits per heavy atom. The first kappa shape index (κ1) is 12.2. The minimum Gasteiger partial charge on any atom is -0.369 e. The van der Waals surface area contributed by atoms with Crippen LogP contribution in [0.1, 0.15) is 37.7 Å². The van der Waals surface area contributed by atoms with Gasteiger partial charge in [-0.1, -0.05) is 37.3 Å². The minimum absolute atomic E-state index is 0.321. The molecule has 1 aromatic carbocycles. The van der Waals surface area contributed by atoms with E-state index < -0.39 is 0 Å². The first-order valence-electron chi connectivity index (χ1n) is 7.19. The smallest absolute Gasteiger partial charge is 0.0940 e. The lowest BCUT2D eigenvalue weighted by atomic mass is 9.95. The molecule has 2 saturated heterocycles. The van der Waals surface area contributed by atoms with E-state index in [1.165, 1.54) is 44.5 Å². The third-order valence-electron chi connectivity index (χ3n) is 4.57. The number of hydrogen-bond acceptors (Lipinski definition) is 2. The van der Waals surface area contributed by atoms with Gasteiger partial charge in [0.2, 0.25) is 0 Å². The zero-order chi connectivity index (χ0) is 12.4. The van der Waals surface area contributed by atoms with Crippen LogP contribution in [0.15, 0.2) is 30.3 Å². The van der Waals surface area contributed by atoms with Crippen molar-refractivity contribution in [2.75, 3.05) is 26.2 Å². The van der Waals surface area contributed by atoms with E-state index in [0.717, 1.165) is 6.61 Å². The maximum Gasteiger partial charge on any atom is 0.0940 e. The van der Waals surface area contributed by atoms with Crippen molar-refractivity contribution in [1.82, 2.24) is 4.90 Å². The second-order valence-corrected chi connectivity index (χ2v) is 5.91. The Kier molecular flexibility index (Phi) is 3.40. The van der Waals surface area contributed by atoms with Crippen molar-refractivity contribution in [3.63, 3.8) is 0 Å². The Morgan fingerprint density at radius 2 is 1.89 bits per heavy atom. The second kappa shape index (κ2) is 5.02. The summed E-state index contributed by atoms with van der Waals surface area (Å²) in [6.07, 6.45) is 3.75. The van der Waals surface area contributed by atoms with Crippen LogP contribution in [0.5, 0.6) is 0 Å². The van der Waals surface area contributed by atoms with Crippen molar-refractivity contribution in [3.8, 4) is 0 Å². The van der Waals surface area contributed by atoms with Gasteiger partial charge < -0.3 is 9.64 Å². The van der Waals surface area contributed by atoms with Gasteiger partial charge in [-0.25, -0.2) is 0 Å². The first-order chi connectivity index (χ1) is 8.77. The lowest BCUT2D eigenvalue weighted by Gasteiger charge is -2.31. The van der Waals surface area contributed by atoms with Crippen molar-refractivity contribution in [3.05, 3.63) is 35.9 Å². The molecule has 2 heteroatoms. The fourth-order valence-electron chi connectivity index (χ4n) is 2.90. The summed E-state index contributed by atoms with van der Waals surface area (Å²) >= 11 is 0. The summed E-state index contributed by atoms with van der Waals surface area (Å²) in [5, 5.41) is 0. The minimum atomic E-state index is 0.321. The summed E-state index contributed by atoms with van der Waals surface area (Å²) in [6.45, 7) is 7.03. The summed E-state index contributed by atoms with van der Waals surface area (Å²) < 4.78 is 5.55. The fraction of sp³-hybridized carbons (Fsp3) is 0.625. The Labute approximate surface area is 110 Å². The molecule has 98 valence electrons. The molecule has 2 fully saturated rings. The van der Waals surface area contributed by atoms with Crippen molar-refractivity contribution >= 4 is 0 Å². The normalized spacial score (nSPS) is 24.1. The van der Waals surface area contributed by atoms with E-state index in [0.29, 0.717) is 11.5 Å². The van der Waals surface area contributed by atoms with Crippen molar-refractivity contribution in [2.24, 2.45) is 0 Å². The molecular weight excluding hydrogens is 222 g/mol. The Bertz CT molecular complexity index is 375. The molecule has 2 heterocycles. The molecular formula is C16H23NO. The molecule has 0 unspecified atom stereocenters. The number of rotatable bonds is 4. The van der Waals surface area contributed by atoms with Gasteiger partial charge in [0.05, 0.1) is 12.2 Å². The first-order valence-corrected chi connectivity index (χ1v) is 7.19. The van der Waals surface area contributed by atoms with E-state index in [1.54, 1.807) is 0 Å². The van der Waals surface area contributed by atoms with Crippen LogP contribution in [0.3, 0.4) is 0 Å². The lowest BCUT2D eigenvalue weighted by Crippen LogP contribution is -2.38. The molecule has 0 N–H and O–H groups in total. The van der Waals surface area contributed by atoms with Crippen LogP contribution >= 0.6 is 0 Å². The Hall–Kier alpha value is -0.860. The summed E-state index contributed by atoms with van der Waals surface area (Å²) in [6, 6.07) is 10.9. The fourth-order valence-corrected chi connectivity index (χ4v) is 2.90. The standard InChI is InChI=1S/C16H23NO/c1-14(15-5-3-2-4-6-15)7-10-17-11-8-16(9-12-17)13-18-16/h2-6,14H,7-13H2,1H3/t14-/m1/s1. The Morgan fingerprint density at radius 1 is 1.22 bits per heavy atom. The number of nitrogens with zero attached hydrogens (tertiary/aromatic N) is 1. The molecule has 0 bridgehead atoms. The summed E-state index contributed by atoms with van der Waals surface area (Å²) in [7, 11) is 0. The number of hydrogen-bond donors (Lipinski definition) is 0. The van der Waals surface area contributed by atoms with E-state index in [-0.39, 0.29) is 0 Å². The average Bonchev–Trinajstić information content (AvgIpc) is 3.18. The summed E-state index contributed by atoms with van der Waals surface area (Å²) in [5.41, 5.74) is 1.79. The lowest BCUT2D eigenvalue weighted by molar-refractivity contribution is 0.144.